The maximum atomic E-state index is 5.98. The minimum Gasteiger partial charge on any atom is -0.378 e. The van der Waals surface area contributed by atoms with Crippen LogP contribution in [0.3, 0.4) is 0 Å². The Morgan fingerprint density at radius 3 is 2.70 bits per heavy atom. The molecule has 118 valence electrons. The van der Waals surface area contributed by atoms with Crippen molar-refractivity contribution in [2.45, 2.75) is 17.5 Å². The number of hydrogen-bond acceptors (Lipinski definition) is 4. The lowest BCUT2D eigenvalue weighted by Crippen LogP contribution is -2.06. The molecule has 4 nitrogen and oxygen atoms in total. The second-order valence-electron chi connectivity index (χ2n) is 5.10. The molecule has 3 rings (SSSR count). The molecule has 0 radical (unpaired) electrons. The highest BCUT2D eigenvalue weighted by Gasteiger charge is 2.09. The molecular formula is C17H17ClN4S. The Morgan fingerprint density at radius 1 is 1.09 bits per heavy atom. The molecule has 0 aliphatic rings. The summed E-state index contributed by atoms with van der Waals surface area (Å²) in [5, 5.41) is 13.5. The number of aromatic nitrogens is 3. The summed E-state index contributed by atoms with van der Waals surface area (Å²) < 4.78 is 2.02. The largest absolute Gasteiger partial charge is 0.378 e. The summed E-state index contributed by atoms with van der Waals surface area (Å²) >= 11 is 7.67. The average Bonchev–Trinajstić information content (AvgIpc) is 2.92. The summed E-state index contributed by atoms with van der Waals surface area (Å²) in [6.45, 7) is 0.607. The first-order valence-corrected chi connectivity index (χ1v) is 8.63. The van der Waals surface area contributed by atoms with E-state index in [1.807, 2.05) is 54.1 Å². The minimum absolute atomic E-state index is 0.607. The fourth-order valence-corrected chi connectivity index (χ4v) is 3.20. The minimum atomic E-state index is 0.607. The van der Waals surface area contributed by atoms with Gasteiger partial charge in [-0.25, -0.2) is 0 Å². The van der Waals surface area contributed by atoms with Crippen LogP contribution in [0.1, 0.15) is 11.4 Å². The molecule has 0 amide bonds. The number of anilines is 1. The van der Waals surface area contributed by atoms with E-state index in [1.165, 1.54) is 5.56 Å². The second-order valence-corrected chi connectivity index (χ2v) is 6.47. The Morgan fingerprint density at radius 2 is 1.91 bits per heavy atom. The van der Waals surface area contributed by atoms with Crippen LogP contribution in [0.15, 0.2) is 59.8 Å². The highest BCUT2D eigenvalue weighted by atomic mass is 35.5. The third-order valence-corrected chi connectivity index (χ3v) is 4.74. The van der Waals surface area contributed by atoms with E-state index >= 15 is 0 Å². The van der Waals surface area contributed by atoms with Crippen molar-refractivity contribution in [3.63, 3.8) is 0 Å². The summed E-state index contributed by atoms with van der Waals surface area (Å²) in [5.41, 5.74) is 2.25. The van der Waals surface area contributed by atoms with Gasteiger partial charge < -0.3 is 9.88 Å². The van der Waals surface area contributed by atoms with E-state index in [0.717, 1.165) is 22.4 Å². The van der Waals surface area contributed by atoms with Gasteiger partial charge in [-0.1, -0.05) is 59.8 Å². The number of halogens is 1. The lowest BCUT2D eigenvalue weighted by molar-refractivity contribution is 0.744. The van der Waals surface area contributed by atoms with Gasteiger partial charge in [-0.15, -0.1) is 10.2 Å². The van der Waals surface area contributed by atoms with Crippen molar-refractivity contribution in [2.75, 3.05) is 5.32 Å². The van der Waals surface area contributed by atoms with Gasteiger partial charge in [0.2, 0.25) is 0 Å². The monoisotopic (exact) mass is 344 g/mol. The van der Waals surface area contributed by atoms with Crippen LogP contribution in [0.2, 0.25) is 5.02 Å². The molecular weight excluding hydrogens is 328 g/mol. The van der Waals surface area contributed by atoms with Crippen LogP contribution in [0.25, 0.3) is 0 Å². The molecule has 0 unspecified atom stereocenters. The van der Waals surface area contributed by atoms with E-state index in [4.69, 9.17) is 11.6 Å². The van der Waals surface area contributed by atoms with Gasteiger partial charge in [0.15, 0.2) is 11.0 Å². The molecule has 0 saturated heterocycles. The van der Waals surface area contributed by atoms with Crippen LogP contribution in [0.5, 0.6) is 0 Å². The molecule has 0 fully saturated rings. The van der Waals surface area contributed by atoms with Crippen LogP contribution in [0, 0.1) is 0 Å². The molecule has 1 N–H and O–H groups in total. The van der Waals surface area contributed by atoms with E-state index < -0.39 is 0 Å². The van der Waals surface area contributed by atoms with Crippen molar-refractivity contribution in [2.24, 2.45) is 7.05 Å². The summed E-state index contributed by atoms with van der Waals surface area (Å²) in [7, 11) is 1.99. The Kier molecular flexibility index (Phi) is 5.20. The Labute approximate surface area is 144 Å². The molecule has 0 saturated carbocycles. The number of thioether (sulfide) groups is 1. The lowest BCUT2D eigenvalue weighted by Gasteiger charge is -2.07. The summed E-state index contributed by atoms with van der Waals surface area (Å²) in [5.74, 6) is 1.77. The molecule has 0 bridgehead atoms. The van der Waals surface area contributed by atoms with Crippen LogP contribution < -0.4 is 5.32 Å². The Balaban J connectivity index is 1.60. The summed E-state index contributed by atoms with van der Waals surface area (Å²) in [4.78, 5) is 0. The van der Waals surface area contributed by atoms with Gasteiger partial charge in [-0.2, -0.15) is 0 Å². The molecule has 0 atom stereocenters. The number of nitrogens with zero attached hydrogens (tertiary/aromatic N) is 3. The van der Waals surface area contributed by atoms with E-state index in [2.05, 4.69) is 27.6 Å². The molecule has 6 heteroatoms. The van der Waals surface area contributed by atoms with Crippen molar-refractivity contribution in [1.29, 1.82) is 0 Å². The van der Waals surface area contributed by atoms with Gasteiger partial charge in [-0.05, 0) is 23.8 Å². The number of rotatable bonds is 6. The Hall–Kier alpha value is -1.98. The zero-order valence-corrected chi connectivity index (χ0v) is 14.3. The number of benzene rings is 2. The summed E-state index contributed by atoms with van der Waals surface area (Å²) in [6, 6.07) is 18.0. The normalized spacial score (nSPS) is 10.7. The van der Waals surface area contributed by atoms with Gasteiger partial charge >= 0.3 is 0 Å². The zero-order valence-electron chi connectivity index (χ0n) is 12.7. The fourth-order valence-electron chi connectivity index (χ4n) is 2.13. The van der Waals surface area contributed by atoms with E-state index in [-0.39, 0.29) is 0 Å². The van der Waals surface area contributed by atoms with Crippen molar-refractivity contribution >= 4 is 29.1 Å². The third kappa shape index (κ3) is 4.27. The molecule has 0 aliphatic carbocycles. The van der Waals surface area contributed by atoms with Crippen LogP contribution >= 0.6 is 23.4 Å². The van der Waals surface area contributed by atoms with Crippen LogP contribution in [-0.4, -0.2) is 14.8 Å². The smallest absolute Gasteiger partial charge is 0.191 e. The predicted molar refractivity (Wildman–Crippen MR) is 95.8 cm³/mol. The molecule has 1 heterocycles. The number of hydrogen-bond donors (Lipinski definition) is 1. The maximum absolute atomic E-state index is 5.98. The highest BCUT2D eigenvalue weighted by molar-refractivity contribution is 7.98. The van der Waals surface area contributed by atoms with Gasteiger partial charge in [0, 0.05) is 23.5 Å². The van der Waals surface area contributed by atoms with Gasteiger partial charge in [0.1, 0.15) is 0 Å². The first-order chi connectivity index (χ1) is 11.2. The van der Waals surface area contributed by atoms with Crippen molar-refractivity contribution in [3.05, 3.63) is 71.0 Å². The SMILES string of the molecule is Cn1c(CNc2cccc(Cl)c2)nnc1SCc1ccccc1. The lowest BCUT2D eigenvalue weighted by atomic mass is 10.2. The molecule has 0 aliphatic heterocycles. The fraction of sp³-hybridized carbons (Fsp3) is 0.176. The van der Waals surface area contributed by atoms with Crippen LogP contribution in [0.4, 0.5) is 5.69 Å². The highest BCUT2D eigenvalue weighted by Crippen LogP contribution is 2.21. The molecule has 23 heavy (non-hydrogen) atoms. The quantitative estimate of drug-likeness (QED) is 0.674. The predicted octanol–water partition coefficient (Wildman–Crippen LogP) is 4.37. The molecule has 2 aromatic carbocycles. The van der Waals surface area contributed by atoms with Crippen molar-refractivity contribution in [1.82, 2.24) is 14.8 Å². The molecule has 0 spiro atoms. The van der Waals surface area contributed by atoms with Gasteiger partial charge in [-0.3, -0.25) is 0 Å². The van der Waals surface area contributed by atoms with Crippen molar-refractivity contribution < 1.29 is 0 Å². The Bertz CT molecular complexity index is 773. The zero-order chi connectivity index (χ0) is 16.1. The van der Waals surface area contributed by atoms with E-state index in [9.17, 15) is 0 Å². The van der Waals surface area contributed by atoms with Crippen LogP contribution in [-0.2, 0) is 19.3 Å². The molecule has 1 aromatic heterocycles. The second kappa shape index (κ2) is 7.53. The van der Waals surface area contributed by atoms with E-state index in [1.54, 1.807) is 11.8 Å². The first-order valence-electron chi connectivity index (χ1n) is 7.27. The topological polar surface area (TPSA) is 42.7 Å². The third-order valence-electron chi connectivity index (χ3n) is 3.41. The maximum Gasteiger partial charge on any atom is 0.191 e. The standard InChI is InChI=1S/C17H17ClN4S/c1-22-16(11-19-15-9-5-8-14(18)10-15)20-21-17(22)23-12-13-6-3-2-4-7-13/h2-10,19H,11-12H2,1H3. The molecule has 3 aromatic rings. The first kappa shape index (κ1) is 15.9. The van der Waals surface area contributed by atoms with Gasteiger partial charge in [0.05, 0.1) is 6.54 Å². The summed E-state index contributed by atoms with van der Waals surface area (Å²) in [6.07, 6.45) is 0. The number of nitrogens with one attached hydrogen (secondary N) is 1. The average molecular weight is 345 g/mol. The van der Waals surface area contributed by atoms with Gasteiger partial charge in [0.25, 0.3) is 0 Å². The van der Waals surface area contributed by atoms with E-state index in [0.29, 0.717) is 11.6 Å². The van der Waals surface area contributed by atoms with Crippen molar-refractivity contribution in [3.8, 4) is 0 Å².